The van der Waals surface area contributed by atoms with Gasteiger partial charge in [-0.2, -0.15) is 0 Å². The fourth-order valence-corrected chi connectivity index (χ4v) is 5.45. The van der Waals surface area contributed by atoms with Crippen molar-refractivity contribution < 1.29 is 13.7 Å². The number of hydrogen-bond acceptors (Lipinski definition) is 6. The molecule has 0 amide bonds. The maximum Gasteiger partial charge on any atom is 0.465 e. The summed E-state index contributed by atoms with van der Waals surface area (Å²) in [5, 5.41) is 1.02. The molecule has 1 aliphatic heterocycles. The molecule has 0 saturated carbocycles. The Morgan fingerprint density at radius 3 is 1.88 bits per heavy atom. The Bertz CT molecular complexity index is 1670. The average molecular weight is 527 g/mol. The summed E-state index contributed by atoms with van der Waals surface area (Å²) in [6.07, 6.45) is 4.93. The smallest absolute Gasteiger partial charge is 0.456 e. The van der Waals surface area contributed by atoms with Gasteiger partial charge in [-0.25, -0.2) is 15.0 Å². The van der Waals surface area contributed by atoms with E-state index in [2.05, 4.69) is 45.9 Å². The van der Waals surface area contributed by atoms with Crippen molar-refractivity contribution in [3.8, 4) is 34.2 Å². The molecule has 5 aromatic rings. The lowest BCUT2D eigenvalue weighted by molar-refractivity contribution is 0.00578. The second-order valence-corrected chi connectivity index (χ2v) is 11.5. The van der Waals surface area contributed by atoms with Gasteiger partial charge < -0.3 is 13.7 Å². The van der Waals surface area contributed by atoms with Gasteiger partial charge >= 0.3 is 7.12 Å². The molecular formula is C33H30BN3O3. The maximum atomic E-state index is 6.41. The number of furan rings is 1. The lowest BCUT2D eigenvalue weighted by atomic mass is 9.66. The molecule has 1 fully saturated rings. The molecule has 0 bridgehead atoms. The van der Waals surface area contributed by atoms with Gasteiger partial charge in [0, 0.05) is 33.5 Å². The normalized spacial score (nSPS) is 19.2. The van der Waals surface area contributed by atoms with Gasteiger partial charge in [-0.3, -0.25) is 0 Å². The number of nitrogens with zero attached hydrogens (tertiary/aromatic N) is 3. The van der Waals surface area contributed by atoms with E-state index in [4.69, 9.17) is 28.7 Å². The predicted octanol–water partition coefficient (Wildman–Crippen LogP) is 7.65. The third-order valence-electron chi connectivity index (χ3n) is 8.34. The molecule has 0 N–H and O–H groups in total. The van der Waals surface area contributed by atoms with Gasteiger partial charge in [0.25, 0.3) is 0 Å². The number of fused-ring (bicyclic) bond motifs is 3. The van der Waals surface area contributed by atoms with Crippen LogP contribution >= 0.6 is 0 Å². The molecule has 7 rings (SSSR count). The molecule has 3 heterocycles. The Morgan fingerprint density at radius 1 is 0.700 bits per heavy atom. The van der Waals surface area contributed by atoms with E-state index in [1.165, 1.54) is 0 Å². The van der Waals surface area contributed by atoms with Crippen molar-refractivity contribution in [3.63, 3.8) is 0 Å². The van der Waals surface area contributed by atoms with Crippen LogP contribution in [0, 0.1) is 0 Å². The minimum Gasteiger partial charge on any atom is -0.456 e. The van der Waals surface area contributed by atoms with Crippen molar-refractivity contribution in [1.82, 2.24) is 15.0 Å². The van der Waals surface area contributed by atoms with Crippen LogP contribution in [0.4, 0.5) is 0 Å². The van der Waals surface area contributed by atoms with E-state index in [0.29, 0.717) is 17.5 Å². The lowest BCUT2D eigenvalue weighted by Crippen LogP contribution is -2.41. The first kappa shape index (κ1) is 24.9. The Morgan fingerprint density at radius 2 is 1.27 bits per heavy atom. The highest BCUT2D eigenvalue weighted by molar-refractivity contribution is 6.48. The van der Waals surface area contributed by atoms with Crippen LogP contribution < -0.4 is 0 Å². The summed E-state index contributed by atoms with van der Waals surface area (Å²) in [6, 6.07) is 26.1. The summed E-state index contributed by atoms with van der Waals surface area (Å²) < 4.78 is 19.2. The zero-order valence-corrected chi connectivity index (χ0v) is 23.1. The Labute approximate surface area is 234 Å². The predicted molar refractivity (Wildman–Crippen MR) is 158 cm³/mol. The highest BCUT2D eigenvalue weighted by Crippen LogP contribution is 2.45. The van der Waals surface area contributed by atoms with Gasteiger partial charge in [0.05, 0.1) is 11.2 Å². The second-order valence-electron chi connectivity index (χ2n) is 11.5. The van der Waals surface area contributed by atoms with Gasteiger partial charge in [0.2, 0.25) is 0 Å². The van der Waals surface area contributed by atoms with E-state index < -0.39 is 0 Å². The summed E-state index contributed by atoms with van der Waals surface area (Å²) in [7, 11) is -0.335. The van der Waals surface area contributed by atoms with Gasteiger partial charge in [-0.15, -0.1) is 0 Å². The quantitative estimate of drug-likeness (QED) is 0.224. The van der Waals surface area contributed by atoms with Gasteiger partial charge in [-0.1, -0.05) is 78.9 Å². The zero-order valence-electron chi connectivity index (χ0n) is 23.1. The SMILES string of the molecule is CC1(C)OB(C2C=Cc3oc4cccc(-c5nc(-c6ccccc6)nc(-c6ccccc6)n5)c4c3C2)OC1(C)C. The molecule has 7 heteroatoms. The zero-order chi connectivity index (χ0) is 27.5. The highest BCUT2D eigenvalue weighted by atomic mass is 16.7. The van der Waals surface area contributed by atoms with Gasteiger partial charge in [0.1, 0.15) is 11.3 Å². The van der Waals surface area contributed by atoms with E-state index in [0.717, 1.165) is 45.4 Å². The summed E-state index contributed by atoms with van der Waals surface area (Å²) >= 11 is 0. The third kappa shape index (κ3) is 4.17. The molecule has 2 aliphatic rings. The van der Waals surface area contributed by atoms with Crippen molar-refractivity contribution in [3.05, 3.63) is 96.3 Å². The molecule has 2 aromatic heterocycles. The molecule has 0 radical (unpaired) electrons. The van der Waals surface area contributed by atoms with Crippen LogP contribution in [-0.4, -0.2) is 33.3 Å². The summed E-state index contributed by atoms with van der Waals surface area (Å²) in [5.41, 5.74) is 3.95. The van der Waals surface area contributed by atoms with Crippen LogP contribution in [-0.2, 0) is 15.7 Å². The standard InChI is InChI=1S/C33H30BN3O3/c1-32(2)33(3,4)40-34(39-32)23-18-19-26-25(20-23)28-24(16-11-17-27(28)38-26)31-36-29(21-12-7-5-8-13-21)35-30(37-31)22-14-9-6-10-15-22/h5-19,23H,20H2,1-4H3. The number of hydrogen-bond donors (Lipinski definition) is 0. The van der Waals surface area contributed by atoms with E-state index in [-0.39, 0.29) is 24.1 Å². The molecule has 1 atom stereocenters. The molecule has 198 valence electrons. The number of benzene rings is 3. The molecule has 1 aliphatic carbocycles. The topological polar surface area (TPSA) is 70.3 Å². The Balaban J connectivity index is 1.35. The largest absolute Gasteiger partial charge is 0.465 e. The molecule has 6 nitrogen and oxygen atoms in total. The minimum absolute atomic E-state index is 0.0560. The van der Waals surface area contributed by atoms with Crippen molar-refractivity contribution in [2.24, 2.45) is 0 Å². The second kappa shape index (κ2) is 9.25. The van der Waals surface area contributed by atoms with Crippen molar-refractivity contribution in [2.45, 2.75) is 51.1 Å². The fraction of sp³-hybridized carbons (Fsp3) is 0.242. The first-order valence-corrected chi connectivity index (χ1v) is 13.7. The van der Waals surface area contributed by atoms with E-state index in [9.17, 15) is 0 Å². The van der Waals surface area contributed by atoms with Crippen molar-refractivity contribution >= 4 is 24.2 Å². The summed E-state index contributed by atoms with van der Waals surface area (Å²) in [4.78, 5) is 14.8. The number of aromatic nitrogens is 3. The van der Waals surface area contributed by atoms with Crippen molar-refractivity contribution in [2.75, 3.05) is 0 Å². The fourth-order valence-electron chi connectivity index (χ4n) is 5.45. The molecule has 1 saturated heterocycles. The molecule has 1 unspecified atom stereocenters. The molecular weight excluding hydrogens is 497 g/mol. The molecule has 3 aromatic carbocycles. The van der Waals surface area contributed by atoms with Gasteiger partial charge in [0.15, 0.2) is 17.5 Å². The van der Waals surface area contributed by atoms with Crippen LogP contribution in [0.5, 0.6) is 0 Å². The van der Waals surface area contributed by atoms with Crippen LogP contribution in [0.2, 0.25) is 5.82 Å². The molecule has 40 heavy (non-hydrogen) atoms. The van der Waals surface area contributed by atoms with Gasteiger partial charge in [-0.05, 0) is 46.3 Å². The van der Waals surface area contributed by atoms with Crippen molar-refractivity contribution in [1.29, 1.82) is 0 Å². The van der Waals surface area contributed by atoms with E-state index in [1.807, 2.05) is 72.8 Å². The van der Waals surface area contributed by atoms with Crippen LogP contribution in [0.25, 0.3) is 51.2 Å². The molecule has 0 spiro atoms. The van der Waals surface area contributed by atoms with E-state index in [1.54, 1.807) is 0 Å². The Hall–Kier alpha value is -4.07. The first-order chi connectivity index (χ1) is 19.3. The summed E-state index contributed by atoms with van der Waals surface area (Å²) in [5.74, 6) is 2.79. The average Bonchev–Trinajstić information content (AvgIpc) is 3.45. The summed E-state index contributed by atoms with van der Waals surface area (Å²) in [6.45, 7) is 8.36. The monoisotopic (exact) mass is 527 g/mol. The van der Waals surface area contributed by atoms with Crippen LogP contribution in [0.1, 0.15) is 39.0 Å². The first-order valence-electron chi connectivity index (χ1n) is 13.7. The maximum absolute atomic E-state index is 6.41. The third-order valence-corrected chi connectivity index (χ3v) is 8.34. The van der Waals surface area contributed by atoms with E-state index >= 15 is 0 Å². The number of allylic oxidation sites excluding steroid dienone is 1. The van der Waals surface area contributed by atoms with Crippen LogP contribution in [0.3, 0.4) is 0 Å². The number of rotatable bonds is 4. The Kier molecular flexibility index (Phi) is 5.77. The highest BCUT2D eigenvalue weighted by Gasteiger charge is 2.53. The van der Waals surface area contributed by atoms with Crippen LogP contribution in [0.15, 0.2) is 89.4 Å². The minimum atomic E-state index is -0.387. The lowest BCUT2D eigenvalue weighted by Gasteiger charge is -2.32.